The maximum atomic E-state index is 12.7. The molecule has 3 rings (SSSR count). The third-order valence-corrected chi connectivity index (χ3v) is 5.10. The van der Waals surface area contributed by atoms with Crippen molar-refractivity contribution in [3.8, 4) is 0 Å². The van der Waals surface area contributed by atoms with Crippen molar-refractivity contribution in [3.05, 3.63) is 33.7 Å². The minimum atomic E-state index is -0.215. The Morgan fingerprint density at radius 3 is 2.83 bits per heavy atom. The minimum Gasteiger partial charge on any atom is -0.344 e. The van der Waals surface area contributed by atoms with Crippen molar-refractivity contribution in [1.29, 1.82) is 0 Å². The van der Waals surface area contributed by atoms with Gasteiger partial charge in [0.05, 0.1) is 10.2 Å². The molecule has 0 bridgehead atoms. The summed E-state index contributed by atoms with van der Waals surface area (Å²) in [5.74, 6) is 0.708. The van der Waals surface area contributed by atoms with Gasteiger partial charge in [-0.2, -0.15) is 5.10 Å². The first-order chi connectivity index (χ1) is 11.6. The molecule has 6 nitrogen and oxygen atoms in total. The van der Waals surface area contributed by atoms with E-state index in [-0.39, 0.29) is 18.0 Å². The number of thiophene rings is 1. The van der Waals surface area contributed by atoms with E-state index in [0.29, 0.717) is 18.5 Å². The van der Waals surface area contributed by atoms with Gasteiger partial charge < -0.3 is 4.90 Å². The molecule has 0 unspecified atom stereocenters. The number of nitrogens with zero attached hydrogens (tertiary/aromatic N) is 4. The number of carbonyl (C=O) groups is 1. The SMILES string of the molecule is CCCCN(C)C(=O)Cn1nc(CC)n2c(cc3sccc32)c1=O. The third-order valence-electron chi connectivity index (χ3n) is 4.24. The number of rotatable bonds is 6. The van der Waals surface area contributed by atoms with Crippen LogP contribution in [0.2, 0.25) is 0 Å². The van der Waals surface area contributed by atoms with E-state index in [2.05, 4.69) is 12.0 Å². The lowest BCUT2D eigenvalue weighted by Crippen LogP contribution is -2.36. The molecule has 0 aliphatic rings. The monoisotopic (exact) mass is 346 g/mol. The standard InChI is InChI=1S/C17H22N4O2S/c1-4-6-8-19(3)16(22)11-20-17(23)13-10-14-12(7-9-24-14)21(13)15(5-2)18-20/h7,9-10H,4-6,8,11H2,1-3H3. The largest absolute Gasteiger partial charge is 0.344 e. The molecule has 0 aliphatic heterocycles. The number of hydrogen-bond acceptors (Lipinski definition) is 4. The van der Waals surface area contributed by atoms with Gasteiger partial charge in [0.25, 0.3) is 5.56 Å². The van der Waals surface area contributed by atoms with Gasteiger partial charge in [-0.25, -0.2) is 4.68 Å². The molecule has 24 heavy (non-hydrogen) atoms. The van der Waals surface area contributed by atoms with Crippen LogP contribution < -0.4 is 5.56 Å². The fraction of sp³-hybridized carbons (Fsp3) is 0.471. The Kier molecular flexibility index (Phi) is 4.71. The van der Waals surface area contributed by atoms with Gasteiger partial charge in [-0.3, -0.25) is 14.0 Å². The lowest BCUT2D eigenvalue weighted by Gasteiger charge is -2.17. The highest BCUT2D eigenvalue weighted by atomic mass is 32.1. The fourth-order valence-corrected chi connectivity index (χ4v) is 3.63. The van der Waals surface area contributed by atoms with Crippen molar-refractivity contribution >= 4 is 33.0 Å². The highest BCUT2D eigenvalue weighted by molar-refractivity contribution is 7.17. The van der Waals surface area contributed by atoms with Crippen molar-refractivity contribution in [1.82, 2.24) is 19.1 Å². The van der Waals surface area contributed by atoms with Gasteiger partial charge in [0.1, 0.15) is 17.9 Å². The van der Waals surface area contributed by atoms with E-state index < -0.39 is 0 Å². The average molecular weight is 346 g/mol. The fourth-order valence-electron chi connectivity index (χ4n) is 2.83. The second kappa shape index (κ2) is 6.76. The number of carbonyl (C=O) groups excluding carboxylic acids is 1. The summed E-state index contributed by atoms with van der Waals surface area (Å²) >= 11 is 1.60. The van der Waals surface area contributed by atoms with Crippen LogP contribution in [-0.4, -0.2) is 38.6 Å². The van der Waals surface area contributed by atoms with Crippen LogP contribution in [0.4, 0.5) is 0 Å². The van der Waals surface area contributed by atoms with Crippen LogP contribution in [0.25, 0.3) is 15.7 Å². The molecular formula is C17H22N4O2S. The molecule has 0 N–H and O–H groups in total. The van der Waals surface area contributed by atoms with E-state index in [1.54, 1.807) is 23.3 Å². The number of amides is 1. The molecule has 0 saturated heterocycles. The van der Waals surface area contributed by atoms with Gasteiger partial charge in [0, 0.05) is 20.0 Å². The van der Waals surface area contributed by atoms with Crippen LogP contribution in [0.5, 0.6) is 0 Å². The summed E-state index contributed by atoms with van der Waals surface area (Å²) in [5.41, 5.74) is 1.38. The molecule has 0 atom stereocenters. The molecular weight excluding hydrogens is 324 g/mol. The lowest BCUT2D eigenvalue weighted by molar-refractivity contribution is -0.130. The van der Waals surface area contributed by atoms with E-state index >= 15 is 0 Å². The molecule has 3 aromatic heterocycles. The molecule has 0 spiro atoms. The normalized spacial score (nSPS) is 11.5. The number of fused-ring (bicyclic) bond motifs is 3. The zero-order valence-corrected chi connectivity index (χ0v) is 15.1. The molecule has 0 fully saturated rings. The van der Waals surface area contributed by atoms with Crippen LogP contribution in [0.3, 0.4) is 0 Å². The molecule has 1 amide bonds. The van der Waals surface area contributed by atoms with Crippen molar-refractivity contribution in [2.75, 3.05) is 13.6 Å². The second-order valence-corrected chi connectivity index (χ2v) is 6.88. The zero-order valence-electron chi connectivity index (χ0n) is 14.3. The van der Waals surface area contributed by atoms with Crippen LogP contribution in [-0.2, 0) is 17.8 Å². The minimum absolute atomic E-state index is 0.0125. The topological polar surface area (TPSA) is 59.6 Å². The summed E-state index contributed by atoms with van der Waals surface area (Å²) in [5, 5.41) is 6.46. The van der Waals surface area contributed by atoms with E-state index in [9.17, 15) is 9.59 Å². The Balaban J connectivity index is 2.01. The van der Waals surface area contributed by atoms with Gasteiger partial charge in [-0.05, 0) is 23.9 Å². The van der Waals surface area contributed by atoms with Gasteiger partial charge >= 0.3 is 0 Å². The Morgan fingerprint density at radius 2 is 2.12 bits per heavy atom. The summed E-state index contributed by atoms with van der Waals surface area (Å²) < 4.78 is 4.28. The first-order valence-corrected chi connectivity index (χ1v) is 9.17. The smallest absolute Gasteiger partial charge is 0.291 e. The predicted molar refractivity (Wildman–Crippen MR) is 96.8 cm³/mol. The predicted octanol–water partition coefficient (Wildman–Crippen LogP) is 2.53. The van der Waals surface area contributed by atoms with E-state index in [0.717, 1.165) is 28.9 Å². The number of unbranched alkanes of at least 4 members (excludes halogenated alkanes) is 1. The Morgan fingerprint density at radius 1 is 1.33 bits per heavy atom. The molecule has 3 heterocycles. The summed E-state index contributed by atoms with van der Waals surface area (Å²) in [4.78, 5) is 26.8. The van der Waals surface area contributed by atoms with Gasteiger partial charge in [-0.1, -0.05) is 20.3 Å². The van der Waals surface area contributed by atoms with Crippen molar-refractivity contribution < 1.29 is 4.79 Å². The van der Waals surface area contributed by atoms with Crippen molar-refractivity contribution in [3.63, 3.8) is 0 Å². The van der Waals surface area contributed by atoms with Gasteiger partial charge in [0.15, 0.2) is 0 Å². The number of aryl methyl sites for hydroxylation is 1. The highest BCUT2D eigenvalue weighted by Crippen LogP contribution is 2.24. The van der Waals surface area contributed by atoms with Crippen LogP contribution >= 0.6 is 11.3 Å². The molecule has 0 aliphatic carbocycles. The lowest BCUT2D eigenvalue weighted by atomic mass is 10.3. The Bertz CT molecular complexity index is 937. The molecule has 0 saturated carbocycles. The molecule has 7 heteroatoms. The second-order valence-electron chi connectivity index (χ2n) is 5.94. The van der Waals surface area contributed by atoms with Crippen LogP contribution in [0.1, 0.15) is 32.5 Å². The van der Waals surface area contributed by atoms with E-state index in [4.69, 9.17) is 0 Å². The van der Waals surface area contributed by atoms with Gasteiger partial charge in [0.2, 0.25) is 5.91 Å². The average Bonchev–Trinajstić information content (AvgIpc) is 3.16. The molecule has 3 aromatic rings. The summed E-state index contributed by atoms with van der Waals surface area (Å²) in [6.07, 6.45) is 2.68. The molecule has 128 valence electrons. The van der Waals surface area contributed by atoms with Gasteiger partial charge in [-0.15, -0.1) is 11.3 Å². The maximum Gasteiger partial charge on any atom is 0.291 e. The quantitative estimate of drug-likeness (QED) is 0.689. The van der Waals surface area contributed by atoms with Crippen LogP contribution in [0.15, 0.2) is 22.3 Å². The maximum absolute atomic E-state index is 12.7. The van der Waals surface area contributed by atoms with E-state index in [1.165, 1.54) is 4.68 Å². The zero-order chi connectivity index (χ0) is 17.3. The first kappa shape index (κ1) is 16.7. The first-order valence-electron chi connectivity index (χ1n) is 8.29. The highest BCUT2D eigenvalue weighted by Gasteiger charge is 2.17. The Hall–Kier alpha value is -2.15. The Labute approximate surface area is 144 Å². The van der Waals surface area contributed by atoms with Crippen molar-refractivity contribution in [2.24, 2.45) is 0 Å². The summed E-state index contributed by atoms with van der Waals surface area (Å²) in [7, 11) is 1.77. The molecule has 0 aromatic carbocycles. The molecule has 0 radical (unpaired) electrons. The number of aromatic nitrogens is 3. The number of hydrogen-bond donors (Lipinski definition) is 0. The summed E-state index contributed by atoms with van der Waals surface area (Å²) in [6.45, 7) is 4.78. The number of likely N-dealkylation sites (N-methyl/N-ethyl adjacent to an activating group) is 1. The third kappa shape index (κ3) is 2.84. The van der Waals surface area contributed by atoms with Crippen LogP contribution in [0, 0.1) is 0 Å². The van der Waals surface area contributed by atoms with E-state index in [1.807, 2.05) is 28.8 Å². The summed E-state index contributed by atoms with van der Waals surface area (Å²) in [6, 6.07) is 3.90. The van der Waals surface area contributed by atoms with Crippen molar-refractivity contribution in [2.45, 2.75) is 39.7 Å².